The Hall–Kier alpha value is -1.09. The summed E-state index contributed by atoms with van der Waals surface area (Å²) in [7, 11) is -3.13. The molecule has 0 aliphatic carbocycles. The van der Waals surface area contributed by atoms with E-state index in [9.17, 15) is 8.42 Å². The standard InChI is InChI=1S/C14H20O2S/c1-4-5-6-7-13-8-10-14(11-9-13)17(15,16)12(2)3/h4-5,8-12H,6-7H2,1-3H3/b5-4-. The predicted molar refractivity (Wildman–Crippen MR) is 71.9 cm³/mol. The first-order valence-electron chi connectivity index (χ1n) is 5.92. The Labute approximate surface area is 104 Å². The molecular formula is C14H20O2S. The van der Waals surface area contributed by atoms with Gasteiger partial charge < -0.3 is 0 Å². The van der Waals surface area contributed by atoms with Crippen LogP contribution in [0.5, 0.6) is 0 Å². The number of hydrogen-bond donors (Lipinski definition) is 0. The summed E-state index contributed by atoms with van der Waals surface area (Å²) in [5.41, 5.74) is 1.17. The van der Waals surface area contributed by atoms with Crippen LogP contribution >= 0.6 is 0 Å². The molecule has 0 spiro atoms. The second-order valence-electron chi connectivity index (χ2n) is 4.35. The fraction of sp³-hybridized carbons (Fsp3) is 0.429. The molecule has 3 heteroatoms. The van der Waals surface area contributed by atoms with Gasteiger partial charge in [-0.25, -0.2) is 8.42 Å². The third kappa shape index (κ3) is 3.70. The van der Waals surface area contributed by atoms with Crippen LogP contribution in [0.4, 0.5) is 0 Å². The van der Waals surface area contributed by atoms with Crippen LogP contribution in [-0.2, 0) is 16.3 Å². The van der Waals surface area contributed by atoms with E-state index in [2.05, 4.69) is 6.08 Å². The second kappa shape index (κ2) is 6.01. The van der Waals surface area contributed by atoms with Gasteiger partial charge >= 0.3 is 0 Å². The fourth-order valence-electron chi connectivity index (χ4n) is 1.53. The van der Waals surface area contributed by atoms with Crippen LogP contribution < -0.4 is 0 Å². The maximum atomic E-state index is 11.9. The Balaban J connectivity index is 2.82. The molecule has 0 heterocycles. The van der Waals surface area contributed by atoms with Crippen molar-refractivity contribution < 1.29 is 8.42 Å². The van der Waals surface area contributed by atoms with E-state index in [0.29, 0.717) is 4.90 Å². The topological polar surface area (TPSA) is 34.1 Å². The third-order valence-corrected chi connectivity index (χ3v) is 4.88. The molecule has 0 bridgehead atoms. The van der Waals surface area contributed by atoms with Crippen LogP contribution in [0.15, 0.2) is 41.3 Å². The highest BCUT2D eigenvalue weighted by Crippen LogP contribution is 2.17. The van der Waals surface area contributed by atoms with E-state index in [1.54, 1.807) is 26.0 Å². The van der Waals surface area contributed by atoms with Crippen molar-refractivity contribution in [3.8, 4) is 0 Å². The van der Waals surface area contributed by atoms with E-state index in [1.165, 1.54) is 5.56 Å². The largest absolute Gasteiger partial charge is 0.223 e. The van der Waals surface area contributed by atoms with Crippen LogP contribution in [0.25, 0.3) is 0 Å². The van der Waals surface area contributed by atoms with Crippen molar-refractivity contribution >= 4 is 9.84 Å². The summed E-state index contributed by atoms with van der Waals surface area (Å²) >= 11 is 0. The second-order valence-corrected chi connectivity index (χ2v) is 6.85. The number of rotatable bonds is 5. The number of sulfone groups is 1. The molecule has 0 fully saturated rings. The van der Waals surface area contributed by atoms with Crippen LogP contribution in [0.3, 0.4) is 0 Å². The first kappa shape index (κ1) is 14.0. The van der Waals surface area contributed by atoms with Gasteiger partial charge in [0, 0.05) is 0 Å². The molecule has 17 heavy (non-hydrogen) atoms. The van der Waals surface area contributed by atoms with E-state index in [0.717, 1.165) is 12.8 Å². The fourth-order valence-corrected chi connectivity index (χ4v) is 2.59. The van der Waals surface area contributed by atoms with Gasteiger partial charge in [-0.05, 0) is 51.3 Å². The van der Waals surface area contributed by atoms with Crippen LogP contribution in [0, 0.1) is 0 Å². The summed E-state index contributed by atoms with van der Waals surface area (Å²) in [6.45, 7) is 5.41. The highest BCUT2D eigenvalue weighted by Gasteiger charge is 2.18. The van der Waals surface area contributed by atoms with Gasteiger partial charge in [0.1, 0.15) is 0 Å². The number of hydrogen-bond acceptors (Lipinski definition) is 2. The van der Waals surface area contributed by atoms with E-state index < -0.39 is 9.84 Å². The Morgan fingerprint density at radius 1 is 1.18 bits per heavy atom. The van der Waals surface area contributed by atoms with Gasteiger partial charge in [-0.3, -0.25) is 0 Å². The molecule has 0 aromatic heterocycles. The first-order valence-corrected chi connectivity index (χ1v) is 7.47. The van der Waals surface area contributed by atoms with Gasteiger partial charge in [-0.2, -0.15) is 0 Å². The molecule has 0 aliphatic rings. The van der Waals surface area contributed by atoms with E-state index in [-0.39, 0.29) is 5.25 Å². The summed E-state index contributed by atoms with van der Waals surface area (Å²) in [6.07, 6.45) is 6.08. The normalized spacial score (nSPS) is 12.5. The first-order chi connectivity index (χ1) is 7.98. The van der Waals surface area contributed by atoms with Gasteiger partial charge in [-0.1, -0.05) is 24.3 Å². The molecule has 2 nitrogen and oxygen atoms in total. The van der Waals surface area contributed by atoms with Gasteiger partial charge in [0.25, 0.3) is 0 Å². The highest BCUT2D eigenvalue weighted by atomic mass is 32.2. The maximum Gasteiger partial charge on any atom is 0.180 e. The van der Waals surface area contributed by atoms with Crippen molar-refractivity contribution in [2.75, 3.05) is 0 Å². The van der Waals surface area contributed by atoms with E-state index >= 15 is 0 Å². The molecule has 0 saturated carbocycles. The van der Waals surface area contributed by atoms with Crippen molar-refractivity contribution in [2.24, 2.45) is 0 Å². The molecule has 1 aromatic rings. The molecule has 0 unspecified atom stereocenters. The van der Waals surface area contributed by atoms with Crippen molar-refractivity contribution in [1.82, 2.24) is 0 Å². The average molecular weight is 252 g/mol. The summed E-state index contributed by atoms with van der Waals surface area (Å²) in [6, 6.07) is 7.22. The summed E-state index contributed by atoms with van der Waals surface area (Å²) in [5, 5.41) is -0.364. The summed E-state index contributed by atoms with van der Waals surface area (Å²) < 4.78 is 23.8. The lowest BCUT2D eigenvalue weighted by molar-refractivity contribution is 0.587. The molecule has 0 radical (unpaired) electrons. The Bertz CT molecular complexity index is 467. The molecule has 0 N–H and O–H groups in total. The Morgan fingerprint density at radius 2 is 1.76 bits per heavy atom. The van der Waals surface area contributed by atoms with E-state index in [4.69, 9.17) is 0 Å². The van der Waals surface area contributed by atoms with Gasteiger partial charge in [0.05, 0.1) is 10.1 Å². The minimum atomic E-state index is -3.13. The quantitative estimate of drug-likeness (QED) is 0.753. The predicted octanol–water partition coefficient (Wildman–Crippen LogP) is 3.38. The zero-order chi connectivity index (χ0) is 12.9. The maximum absolute atomic E-state index is 11.9. The zero-order valence-electron chi connectivity index (χ0n) is 10.7. The SMILES string of the molecule is C/C=C\CCc1ccc(S(=O)(=O)C(C)C)cc1. The van der Waals surface area contributed by atoms with Gasteiger partial charge in [0.15, 0.2) is 9.84 Å². The third-order valence-electron chi connectivity index (χ3n) is 2.71. The lowest BCUT2D eigenvalue weighted by atomic mass is 10.1. The van der Waals surface area contributed by atoms with Crippen LogP contribution in [0.1, 0.15) is 32.8 Å². The van der Waals surface area contributed by atoms with Gasteiger partial charge in [-0.15, -0.1) is 0 Å². The van der Waals surface area contributed by atoms with Crippen LogP contribution in [0.2, 0.25) is 0 Å². The average Bonchev–Trinajstić information content (AvgIpc) is 2.30. The molecule has 94 valence electrons. The smallest absolute Gasteiger partial charge is 0.180 e. The number of allylic oxidation sites excluding steroid dienone is 2. The molecule has 1 rings (SSSR count). The lowest BCUT2D eigenvalue weighted by Gasteiger charge is -2.08. The molecule has 0 amide bonds. The molecular weight excluding hydrogens is 232 g/mol. The number of aryl methyl sites for hydroxylation is 1. The lowest BCUT2D eigenvalue weighted by Crippen LogP contribution is -2.13. The van der Waals surface area contributed by atoms with Crippen molar-refractivity contribution in [1.29, 1.82) is 0 Å². The minimum Gasteiger partial charge on any atom is -0.223 e. The molecule has 0 saturated heterocycles. The van der Waals surface area contributed by atoms with Crippen molar-refractivity contribution in [3.05, 3.63) is 42.0 Å². The molecule has 0 aliphatic heterocycles. The summed E-state index contributed by atoms with van der Waals surface area (Å²) in [5.74, 6) is 0. The minimum absolute atomic E-state index is 0.364. The van der Waals surface area contributed by atoms with Crippen molar-refractivity contribution in [2.45, 2.75) is 43.8 Å². The monoisotopic (exact) mass is 252 g/mol. The highest BCUT2D eigenvalue weighted by molar-refractivity contribution is 7.92. The van der Waals surface area contributed by atoms with Crippen LogP contribution in [-0.4, -0.2) is 13.7 Å². The zero-order valence-corrected chi connectivity index (χ0v) is 11.5. The molecule has 0 atom stereocenters. The van der Waals surface area contributed by atoms with Crippen molar-refractivity contribution in [3.63, 3.8) is 0 Å². The van der Waals surface area contributed by atoms with Gasteiger partial charge in [0.2, 0.25) is 0 Å². The Morgan fingerprint density at radius 3 is 2.24 bits per heavy atom. The molecule has 1 aromatic carbocycles. The Kier molecular flexibility index (Phi) is 4.94. The number of benzene rings is 1. The summed E-state index contributed by atoms with van der Waals surface area (Å²) in [4.78, 5) is 0.419. The van der Waals surface area contributed by atoms with E-state index in [1.807, 2.05) is 25.1 Å².